The Morgan fingerprint density at radius 1 is 1.26 bits per heavy atom. The van der Waals surface area contributed by atoms with E-state index >= 15 is 0 Å². The number of rotatable bonds is 7. The average molecular weight is 393 g/mol. The van der Waals surface area contributed by atoms with Crippen molar-refractivity contribution < 1.29 is 19.0 Å². The van der Waals surface area contributed by atoms with Crippen LogP contribution in [0.1, 0.15) is 12.0 Å². The lowest BCUT2D eigenvalue weighted by Crippen LogP contribution is -2.59. The van der Waals surface area contributed by atoms with Gasteiger partial charge in [0.05, 0.1) is 27.4 Å². The van der Waals surface area contributed by atoms with Crippen LogP contribution in [-0.2, 0) is 9.53 Å². The largest absolute Gasteiger partial charge is 0.497 e. The number of benzene rings is 1. The lowest BCUT2D eigenvalue weighted by Gasteiger charge is -2.42. The molecule has 7 heteroatoms. The van der Waals surface area contributed by atoms with Gasteiger partial charge in [0.15, 0.2) is 0 Å². The number of hydrogen-bond acceptors (Lipinski definition) is 6. The summed E-state index contributed by atoms with van der Waals surface area (Å²) in [5.74, 6) is 3.52. The summed E-state index contributed by atoms with van der Waals surface area (Å²) in [7, 11) is 3.22. The number of carbonyl (C=O) groups is 1. The summed E-state index contributed by atoms with van der Waals surface area (Å²) in [5, 5.41) is 3.11. The molecule has 2 fully saturated rings. The van der Waals surface area contributed by atoms with Crippen LogP contribution in [0.15, 0.2) is 24.3 Å². The van der Waals surface area contributed by atoms with Gasteiger partial charge in [0.2, 0.25) is 5.91 Å². The van der Waals surface area contributed by atoms with Crippen molar-refractivity contribution in [2.45, 2.75) is 12.0 Å². The van der Waals surface area contributed by atoms with Crippen LogP contribution in [-0.4, -0.2) is 74.9 Å². The van der Waals surface area contributed by atoms with Crippen LogP contribution in [0.4, 0.5) is 0 Å². The molecule has 1 aromatic rings. The van der Waals surface area contributed by atoms with E-state index in [1.54, 1.807) is 32.4 Å². The summed E-state index contributed by atoms with van der Waals surface area (Å²) in [6, 6.07) is 5.55. The summed E-state index contributed by atoms with van der Waals surface area (Å²) in [6.07, 6.45) is 4.46. The van der Waals surface area contributed by atoms with E-state index < -0.39 is 0 Å². The molecular weight excluding hydrogens is 364 g/mol. The molecule has 6 nitrogen and oxygen atoms in total. The molecule has 27 heavy (non-hydrogen) atoms. The highest BCUT2D eigenvalue weighted by Gasteiger charge is 2.40. The molecule has 0 bridgehead atoms. The van der Waals surface area contributed by atoms with Crippen molar-refractivity contribution in [1.29, 1.82) is 0 Å². The fraction of sp³-hybridized carbons (Fsp3) is 0.550. The van der Waals surface area contributed by atoms with Crippen LogP contribution in [0, 0.1) is 0 Å². The third-order valence-electron chi connectivity index (χ3n) is 5.16. The minimum Gasteiger partial charge on any atom is -0.497 e. The SMILES string of the molecule is COc1cc(C=CC(=O)NCC2(N3CCOCC3)CCSC2)cc(OC)c1. The maximum atomic E-state index is 12.4. The van der Waals surface area contributed by atoms with E-state index in [1.165, 1.54) is 0 Å². The van der Waals surface area contributed by atoms with Crippen LogP contribution >= 0.6 is 11.8 Å². The van der Waals surface area contributed by atoms with Gasteiger partial charge in [-0.2, -0.15) is 11.8 Å². The van der Waals surface area contributed by atoms with Crippen LogP contribution in [0.3, 0.4) is 0 Å². The van der Waals surface area contributed by atoms with E-state index in [4.69, 9.17) is 14.2 Å². The second-order valence-corrected chi connectivity index (χ2v) is 7.93. The number of hydrogen-bond donors (Lipinski definition) is 1. The van der Waals surface area contributed by atoms with E-state index in [9.17, 15) is 4.79 Å². The lowest BCUT2D eigenvalue weighted by atomic mass is 9.95. The van der Waals surface area contributed by atoms with Crippen LogP contribution in [0.5, 0.6) is 11.5 Å². The maximum absolute atomic E-state index is 12.4. The molecule has 0 radical (unpaired) electrons. The number of ether oxygens (including phenoxy) is 3. The van der Waals surface area contributed by atoms with Crippen molar-refractivity contribution in [1.82, 2.24) is 10.2 Å². The van der Waals surface area contributed by atoms with E-state index in [0.29, 0.717) is 18.0 Å². The molecule has 0 spiro atoms. The van der Waals surface area contributed by atoms with Crippen molar-refractivity contribution in [3.63, 3.8) is 0 Å². The van der Waals surface area contributed by atoms with Crippen molar-refractivity contribution in [2.24, 2.45) is 0 Å². The second-order valence-electron chi connectivity index (χ2n) is 6.82. The van der Waals surface area contributed by atoms with Crippen LogP contribution in [0.25, 0.3) is 6.08 Å². The fourth-order valence-electron chi connectivity index (χ4n) is 3.54. The molecule has 1 unspecified atom stereocenters. The van der Waals surface area contributed by atoms with Gasteiger partial charge in [0, 0.05) is 43.1 Å². The first-order valence-corrected chi connectivity index (χ1v) is 10.4. The normalized spacial score (nSPS) is 23.5. The van der Waals surface area contributed by atoms with Gasteiger partial charge in [-0.1, -0.05) is 0 Å². The summed E-state index contributed by atoms with van der Waals surface area (Å²) >= 11 is 1.97. The van der Waals surface area contributed by atoms with E-state index in [1.807, 2.05) is 23.9 Å². The highest BCUT2D eigenvalue weighted by Crippen LogP contribution is 2.33. The molecule has 2 aliphatic heterocycles. The highest BCUT2D eigenvalue weighted by molar-refractivity contribution is 7.99. The number of amides is 1. The molecule has 1 amide bonds. The Labute approximate surface area is 165 Å². The molecule has 148 valence electrons. The Morgan fingerprint density at radius 2 is 1.96 bits per heavy atom. The number of nitrogens with one attached hydrogen (secondary N) is 1. The van der Waals surface area contributed by atoms with Gasteiger partial charge in [0.1, 0.15) is 11.5 Å². The van der Waals surface area contributed by atoms with E-state index in [-0.39, 0.29) is 11.4 Å². The summed E-state index contributed by atoms with van der Waals surface area (Å²) < 4.78 is 16.0. The molecule has 2 aliphatic rings. The van der Waals surface area contributed by atoms with E-state index in [0.717, 1.165) is 49.8 Å². The smallest absolute Gasteiger partial charge is 0.244 e. The molecule has 1 aromatic carbocycles. The molecule has 2 saturated heterocycles. The van der Waals surface area contributed by atoms with Crippen molar-refractivity contribution in [3.05, 3.63) is 29.8 Å². The van der Waals surface area contributed by atoms with Gasteiger partial charge in [-0.3, -0.25) is 9.69 Å². The summed E-state index contributed by atoms with van der Waals surface area (Å²) in [4.78, 5) is 14.9. The molecule has 1 N–H and O–H groups in total. The van der Waals surface area contributed by atoms with Crippen molar-refractivity contribution >= 4 is 23.7 Å². The van der Waals surface area contributed by atoms with Crippen LogP contribution < -0.4 is 14.8 Å². The second kappa shape index (κ2) is 9.48. The minimum absolute atomic E-state index is 0.0527. The number of carbonyl (C=O) groups excluding carboxylic acids is 1. The number of methoxy groups -OCH3 is 2. The topological polar surface area (TPSA) is 60.0 Å². The average Bonchev–Trinajstić information content (AvgIpc) is 3.21. The van der Waals surface area contributed by atoms with Crippen molar-refractivity contribution in [3.8, 4) is 11.5 Å². The molecule has 3 rings (SSSR count). The third kappa shape index (κ3) is 5.18. The molecule has 0 aromatic heterocycles. The number of morpholine rings is 1. The zero-order valence-corrected chi connectivity index (χ0v) is 16.8. The predicted molar refractivity (Wildman–Crippen MR) is 109 cm³/mol. The van der Waals surface area contributed by atoms with Crippen LogP contribution in [0.2, 0.25) is 0 Å². The van der Waals surface area contributed by atoms with Gasteiger partial charge >= 0.3 is 0 Å². The quantitative estimate of drug-likeness (QED) is 0.717. The van der Waals surface area contributed by atoms with E-state index in [2.05, 4.69) is 10.2 Å². The molecule has 2 heterocycles. The van der Waals surface area contributed by atoms with Gasteiger partial charge in [0.25, 0.3) is 0 Å². The Hall–Kier alpha value is -1.70. The fourth-order valence-corrected chi connectivity index (χ4v) is 5.02. The van der Waals surface area contributed by atoms with Crippen molar-refractivity contribution in [2.75, 3.05) is 58.6 Å². The predicted octanol–water partition coefficient (Wildman–Crippen LogP) is 2.04. The zero-order valence-electron chi connectivity index (χ0n) is 16.0. The molecule has 0 aliphatic carbocycles. The zero-order chi connectivity index (χ0) is 19.1. The molecule has 1 atom stereocenters. The Morgan fingerprint density at radius 3 is 2.56 bits per heavy atom. The summed E-state index contributed by atoms with van der Waals surface area (Å²) in [5.41, 5.74) is 0.914. The number of nitrogens with zero attached hydrogens (tertiary/aromatic N) is 1. The minimum atomic E-state index is -0.0821. The summed E-state index contributed by atoms with van der Waals surface area (Å²) in [6.45, 7) is 4.10. The Kier molecular flexibility index (Phi) is 7.04. The first kappa shape index (κ1) is 20.0. The Bertz CT molecular complexity index is 646. The van der Waals surface area contributed by atoms with Gasteiger partial charge in [-0.05, 0) is 35.9 Å². The highest BCUT2D eigenvalue weighted by atomic mass is 32.2. The lowest BCUT2D eigenvalue weighted by molar-refractivity contribution is -0.117. The monoisotopic (exact) mass is 392 g/mol. The number of thioether (sulfide) groups is 1. The first-order chi connectivity index (χ1) is 13.1. The maximum Gasteiger partial charge on any atom is 0.244 e. The third-order valence-corrected chi connectivity index (χ3v) is 6.39. The first-order valence-electron chi connectivity index (χ1n) is 9.25. The molecule has 0 saturated carbocycles. The van der Waals surface area contributed by atoms with Gasteiger partial charge < -0.3 is 19.5 Å². The Balaban J connectivity index is 1.60. The standard InChI is InChI=1S/C20H28N2O4S/c1-24-17-11-16(12-18(13-17)25-2)3-4-19(23)21-14-20(5-10-27-15-20)22-6-8-26-9-7-22/h3-4,11-13H,5-10,14-15H2,1-2H3,(H,21,23). The molecular formula is C20H28N2O4S. The van der Waals surface area contributed by atoms with Gasteiger partial charge in [-0.15, -0.1) is 0 Å². The van der Waals surface area contributed by atoms with Gasteiger partial charge in [-0.25, -0.2) is 0 Å².